The molecule has 1 saturated carbocycles. The zero-order valence-corrected chi connectivity index (χ0v) is 11.2. The number of rotatable bonds is 3. The number of aromatic amines is 1. The standard InChI is InChI=1S/C13H16N4S/c1-13(5-2-6-13)9-17-11(15-16-12(17)18)10-3-7-14-8-4-10/h3-4,7-8H,2,5-6,9H2,1H3,(H,16,18). The van der Waals surface area contributed by atoms with Gasteiger partial charge in [0.05, 0.1) is 0 Å². The van der Waals surface area contributed by atoms with Crippen molar-refractivity contribution in [2.45, 2.75) is 32.7 Å². The first-order valence-electron chi connectivity index (χ1n) is 6.24. The maximum Gasteiger partial charge on any atom is 0.195 e. The molecular formula is C13H16N4S. The van der Waals surface area contributed by atoms with E-state index in [2.05, 4.69) is 26.7 Å². The van der Waals surface area contributed by atoms with Crippen LogP contribution in [0.5, 0.6) is 0 Å². The highest BCUT2D eigenvalue weighted by atomic mass is 32.1. The van der Waals surface area contributed by atoms with Crippen molar-refractivity contribution in [2.75, 3.05) is 0 Å². The van der Waals surface area contributed by atoms with Crippen LogP contribution < -0.4 is 0 Å². The molecule has 2 aromatic rings. The van der Waals surface area contributed by atoms with E-state index < -0.39 is 0 Å². The van der Waals surface area contributed by atoms with Gasteiger partial charge >= 0.3 is 0 Å². The zero-order chi connectivity index (χ0) is 12.6. The summed E-state index contributed by atoms with van der Waals surface area (Å²) in [7, 11) is 0. The Morgan fingerprint density at radius 2 is 2.11 bits per heavy atom. The lowest BCUT2D eigenvalue weighted by Gasteiger charge is -2.38. The molecule has 1 aliphatic rings. The molecule has 1 fully saturated rings. The Morgan fingerprint density at radius 3 is 2.72 bits per heavy atom. The SMILES string of the molecule is CC1(Cn2c(-c3ccncc3)n[nH]c2=S)CCC1. The van der Waals surface area contributed by atoms with E-state index >= 15 is 0 Å². The first-order chi connectivity index (χ1) is 8.68. The second-order valence-electron chi connectivity index (χ2n) is 5.34. The highest BCUT2D eigenvalue weighted by Crippen LogP contribution is 2.42. The lowest BCUT2D eigenvalue weighted by molar-refractivity contribution is 0.132. The normalized spacial score (nSPS) is 17.4. The van der Waals surface area contributed by atoms with E-state index in [9.17, 15) is 0 Å². The summed E-state index contributed by atoms with van der Waals surface area (Å²) in [6.45, 7) is 3.27. The lowest BCUT2D eigenvalue weighted by Crippen LogP contribution is -2.31. The predicted molar refractivity (Wildman–Crippen MR) is 72.6 cm³/mol. The summed E-state index contributed by atoms with van der Waals surface area (Å²) >= 11 is 5.34. The summed E-state index contributed by atoms with van der Waals surface area (Å²) in [4.78, 5) is 4.04. The number of pyridine rings is 1. The van der Waals surface area contributed by atoms with Crippen LogP contribution in [0.2, 0.25) is 0 Å². The molecule has 1 aliphatic carbocycles. The third kappa shape index (κ3) is 1.99. The highest BCUT2D eigenvalue weighted by Gasteiger charge is 2.33. The van der Waals surface area contributed by atoms with Gasteiger partial charge in [-0.2, -0.15) is 5.10 Å². The Labute approximate surface area is 111 Å². The molecule has 0 bridgehead atoms. The van der Waals surface area contributed by atoms with Crippen LogP contribution in [0.4, 0.5) is 0 Å². The summed E-state index contributed by atoms with van der Waals surface area (Å²) in [5, 5.41) is 7.25. The van der Waals surface area contributed by atoms with E-state index in [1.165, 1.54) is 19.3 Å². The molecule has 2 heterocycles. The van der Waals surface area contributed by atoms with E-state index in [0.29, 0.717) is 10.2 Å². The van der Waals surface area contributed by atoms with Gasteiger partial charge < -0.3 is 0 Å². The van der Waals surface area contributed by atoms with E-state index in [4.69, 9.17) is 12.2 Å². The molecular weight excluding hydrogens is 244 g/mol. The Hall–Kier alpha value is -1.49. The summed E-state index contributed by atoms with van der Waals surface area (Å²) in [6.07, 6.45) is 7.43. The molecule has 0 radical (unpaired) electrons. The smallest absolute Gasteiger partial charge is 0.195 e. The average Bonchev–Trinajstić information content (AvgIpc) is 2.70. The Balaban J connectivity index is 1.99. The van der Waals surface area contributed by atoms with Crippen LogP contribution in [-0.4, -0.2) is 19.7 Å². The van der Waals surface area contributed by atoms with Crippen LogP contribution in [-0.2, 0) is 6.54 Å². The topological polar surface area (TPSA) is 46.5 Å². The summed E-state index contributed by atoms with van der Waals surface area (Å²) < 4.78 is 2.82. The molecule has 0 spiro atoms. The molecule has 2 aromatic heterocycles. The third-order valence-corrected chi connectivity index (χ3v) is 4.11. The fourth-order valence-electron chi connectivity index (χ4n) is 2.51. The van der Waals surface area contributed by atoms with E-state index in [1.807, 2.05) is 12.1 Å². The minimum absolute atomic E-state index is 0.379. The van der Waals surface area contributed by atoms with Gasteiger partial charge in [-0.25, -0.2) is 0 Å². The van der Waals surface area contributed by atoms with Gasteiger partial charge in [0.2, 0.25) is 0 Å². The minimum Gasteiger partial charge on any atom is -0.300 e. The van der Waals surface area contributed by atoms with E-state index in [-0.39, 0.29) is 0 Å². The van der Waals surface area contributed by atoms with Crippen molar-refractivity contribution in [1.29, 1.82) is 0 Å². The van der Waals surface area contributed by atoms with Crippen molar-refractivity contribution in [3.63, 3.8) is 0 Å². The monoisotopic (exact) mass is 260 g/mol. The van der Waals surface area contributed by atoms with Gasteiger partial charge in [-0.05, 0) is 42.6 Å². The number of hydrogen-bond acceptors (Lipinski definition) is 3. The minimum atomic E-state index is 0.379. The maximum absolute atomic E-state index is 5.34. The van der Waals surface area contributed by atoms with Crippen molar-refractivity contribution in [3.05, 3.63) is 29.3 Å². The lowest BCUT2D eigenvalue weighted by atomic mass is 9.70. The molecule has 0 unspecified atom stereocenters. The number of aromatic nitrogens is 4. The van der Waals surface area contributed by atoms with Crippen LogP contribution in [0.1, 0.15) is 26.2 Å². The van der Waals surface area contributed by atoms with E-state index in [0.717, 1.165) is 17.9 Å². The van der Waals surface area contributed by atoms with Crippen LogP contribution in [0.3, 0.4) is 0 Å². The van der Waals surface area contributed by atoms with Crippen LogP contribution in [0.15, 0.2) is 24.5 Å². The van der Waals surface area contributed by atoms with E-state index in [1.54, 1.807) is 12.4 Å². The molecule has 4 nitrogen and oxygen atoms in total. The Bertz CT molecular complexity index is 595. The van der Waals surface area contributed by atoms with Crippen molar-refractivity contribution in [1.82, 2.24) is 19.7 Å². The number of H-pyrrole nitrogens is 1. The van der Waals surface area contributed by atoms with Gasteiger partial charge in [0, 0.05) is 24.5 Å². The highest BCUT2D eigenvalue weighted by molar-refractivity contribution is 7.71. The Morgan fingerprint density at radius 1 is 1.39 bits per heavy atom. The molecule has 3 rings (SSSR count). The Kier molecular flexibility index (Phi) is 2.78. The van der Waals surface area contributed by atoms with Gasteiger partial charge in [-0.1, -0.05) is 13.3 Å². The molecule has 0 aliphatic heterocycles. The summed E-state index contributed by atoms with van der Waals surface area (Å²) in [6, 6.07) is 3.93. The van der Waals surface area contributed by atoms with Gasteiger partial charge in [0.1, 0.15) is 0 Å². The molecule has 94 valence electrons. The van der Waals surface area contributed by atoms with Crippen molar-refractivity contribution in [3.8, 4) is 11.4 Å². The second-order valence-corrected chi connectivity index (χ2v) is 5.73. The quantitative estimate of drug-likeness (QED) is 0.862. The van der Waals surface area contributed by atoms with Crippen LogP contribution in [0.25, 0.3) is 11.4 Å². The zero-order valence-electron chi connectivity index (χ0n) is 10.4. The number of nitrogens with zero attached hydrogens (tertiary/aromatic N) is 3. The van der Waals surface area contributed by atoms with Crippen molar-refractivity contribution >= 4 is 12.2 Å². The largest absolute Gasteiger partial charge is 0.300 e. The maximum atomic E-state index is 5.34. The molecule has 0 saturated heterocycles. The molecule has 0 amide bonds. The van der Waals surface area contributed by atoms with Gasteiger partial charge in [0.25, 0.3) is 0 Å². The first-order valence-corrected chi connectivity index (χ1v) is 6.64. The fraction of sp³-hybridized carbons (Fsp3) is 0.462. The molecule has 0 atom stereocenters. The third-order valence-electron chi connectivity index (χ3n) is 3.80. The summed E-state index contributed by atoms with van der Waals surface area (Å²) in [5.74, 6) is 0.913. The summed E-state index contributed by atoms with van der Waals surface area (Å²) in [5.41, 5.74) is 1.43. The first kappa shape index (κ1) is 11.6. The van der Waals surface area contributed by atoms with Crippen molar-refractivity contribution < 1.29 is 0 Å². The second kappa shape index (κ2) is 4.31. The predicted octanol–water partition coefficient (Wildman–Crippen LogP) is 3.19. The average molecular weight is 260 g/mol. The van der Waals surface area contributed by atoms with Crippen LogP contribution >= 0.6 is 12.2 Å². The fourth-order valence-corrected chi connectivity index (χ4v) is 2.70. The molecule has 18 heavy (non-hydrogen) atoms. The molecule has 1 N–H and O–H groups in total. The van der Waals surface area contributed by atoms with Gasteiger partial charge in [-0.15, -0.1) is 0 Å². The number of hydrogen-bond donors (Lipinski definition) is 1. The molecule has 5 heteroatoms. The molecule has 0 aromatic carbocycles. The van der Waals surface area contributed by atoms with Gasteiger partial charge in [0.15, 0.2) is 10.6 Å². The van der Waals surface area contributed by atoms with Crippen LogP contribution in [0, 0.1) is 10.2 Å². The van der Waals surface area contributed by atoms with Crippen molar-refractivity contribution in [2.24, 2.45) is 5.41 Å². The number of nitrogens with one attached hydrogen (secondary N) is 1. The van der Waals surface area contributed by atoms with Gasteiger partial charge in [-0.3, -0.25) is 14.6 Å².